The Hall–Kier alpha value is -2.99. The van der Waals surface area contributed by atoms with Crippen molar-refractivity contribution in [3.05, 3.63) is 76.4 Å². The normalized spacial score (nSPS) is 10.8. The third-order valence-corrected chi connectivity index (χ3v) is 5.26. The predicted molar refractivity (Wildman–Crippen MR) is 111 cm³/mol. The van der Waals surface area contributed by atoms with Crippen LogP contribution >= 0.6 is 11.3 Å². The fourth-order valence-electron chi connectivity index (χ4n) is 2.66. The van der Waals surface area contributed by atoms with E-state index in [-0.39, 0.29) is 23.7 Å². The molecule has 0 radical (unpaired) electrons. The summed E-state index contributed by atoms with van der Waals surface area (Å²) in [6.07, 6.45) is 0. The monoisotopic (exact) mass is 396 g/mol. The van der Waals surface area contributed by atoms with E-state index < -0.39 is 0 Å². The van der Waals surface area contributed by atoms with Crippen LogP contribution in [0.1, 0.15) is 39.4 Å². The molecule has 3 rings (SSSR count). The van der Waals surface area contributed by atoms with Crippen molar-refractivity contribution < 1.29 is 14.0 Å². The average Bonchev–Trinajstić information content (AvgIpc) is 3.13. The highest BCUT2D eigenvalue weighted by molar-refractivity contribution is 7.17. The molecule has 4 nitrogen and oxygen atoms in total. The third kappa shape index (κ3) is 4.64. The molecular weight excluding hydrogens is 375 g/mol. The first-order chi connectivity index (χ1) is 13.3. The van der Waals surface area contributed by atoms with Crippen molar-refractivity contribution >= 4 is 28.8 Å². The summed E-state index contributed by atoms with van der Waals surface area (Å²) < 4.78 is 13.1. The largest absolute Gasteiger partial charge is 0.350 e. The maximum absolute atomic E-state index is 13.1. The molecule has 0 aliphatic rings. The van der Waals surface area contributed by atoms with Gasteiger partial charge < -0.3 is 10.6 Å². The zero-order valence-corrected chi connectivity index (χ0v) is 16.7. The Kier molecular flexibility index (Phi) is 5.90. The van der Waals surface area contributed by atoms with Gasteiger partial charge in [0.15, 0.2) is 0 Å². The van der Waals surface area contributed by atoms with E-state index in [1.807, 2.05) is 32.9 Å². The SMILES string of the molecule is Cc1ccc(C(=O)NC(C)C)cc1NC(=O)c1ccc(-c2ccc(F)cc2)s1. The van der Waals surface area contributed by atoms with Gasteiger partial charge in [0.25, 0.3) is 11.8 Å². The number of thiophene rings is 1. The van der Waals surface area contributed by atoms with Crippen molar-refractivity contribution in [1.82, 2.24) is 5.32 Å². The molecule has 28 heavy (non-hydrogen) atoms. The molecule has 2 amide bonds. The van der Waals surface area contributed by atoms with Crippen LogP contribution in [-0.4, -0.2) is 17.9 Å². The molecule has 0 aliphatic carbocycles. The Labute approximate surface area is 167 Å². The maximum atomic E-state index is 13.1. The number of nitrogens with one attached hydrogen (secondary N) is 2. The van der Waals surface area contributed by atoms with Gasteiger partial charge in [0.05, 0.1) is 4.88 Å². The number of carbonyl (C=O) groups is 2. The van der Waals surface area contributed by atoms with Gasteiger partial charge in [-0.25, -0.2) is 4.39 Å². The van der Waals surface area contributed by atoms with Crippen LogP contribution in [0.5, 0.6) is 0 Å². The minimum atomic E-state index is -0.296. The van der Waals surface area contributed by atoms with Gasteiger partial charge >= 0.3 is 0 Å². The first kappa shape index (κ1) is 19.8. The van der Waals surface area contributed by atoms with Gasteiger partial charge in [-0.1, -0.05) is 18.2 Å². The molecule has 0 aliphatic heterocycles. The summed E-state index contributed by atoms with van der Waals surface area (Å²) in [5, 5.41) is 5.72. The van der Waals surface area contributed by atoms with Gasteiger partial charge in [0.2, 0.25) is 0 Å². The lowest BCUT2D eigenvalue weighted by atomic mass is 10.1. The third-order valence-electron chi connectivity index (χ3n) is 4.13. The van der Waals surface area contributed by atoms with Gasteiger partial charge in [-0.2, -0.15) is 0 Å². The molecule has 1 aromatic heterocycles. The van der Waals surface area contributed by atoms with E-state index in [9.17, 15) is 14.0 Å². The van der Waals surface area contributed by atoms with E-state index in [1.54, 1.807) is 30.3 Å². The zero-order valence-electron chi connectivity index (χ0n) is 15.9. The number of amides is 2. The molecule has 0 spiro atoms. The summed E-state index contributed by atoms with van der Waals surface area (Å²) in [5.74, 6) is -0.724. The van der Waals surface area contributed by atoms with Crippen LogP contribution in [0.25, 0.3) is 10.4 Å². The topological polar surface area (TPSA) is 58.2 Å². The molecule has 6 heteroatoms. The fourth-order valence-corrected chi connectivity index (χ4v) is 3.56. The Morgan fingerprint density at radius 2 is 1.68 bits per heavy atom. The number of hydrogen-bond donors (Lipinski definition) is 2. The molecule has 3 aromatic rings. The van der Waals surface area contributed by atoms with Crippen LogP contribution in [0.4, 0.5) is 10.1 Å². The molecule has 0 bridgehead atoms. The smallest absolute Gasteiger partial charge is 0.265 e. The van der Waals surface area contributed by atoms with Crippen LogP contribution in [0.2, 0.25) is 0 Å². The average molecular weight is 396 g/mol. The van der Waals surface area contributed by atoms with Gasteiger partial charge in [-0.15, -0.1) is 11.3 Å². The Morgan fingerprint density at radius 1 is 0.964 bits per heavy atom. The Balaban J connectivity index is 1.78. The summed E-state index contributed by atoms with van der Waals surface area (Å²) in [4.78, 5) is 26.3. The van der Waals surface area contributed by atoms with Crippen molar-refractivity contribution in [2.45, 2.75) is 26.8 Å². The number of carbonyl (C=O) groups excluding carboxylic acids is 2. The minimum Gasteiger partial charge on any atom is -0.350 e. The summed E-state index contributed by atoms with van der Waals surface area (Å²) in [7, 11) is 0. The second-order valence-electron chi connectivity index (χ2n) is 6.78. The Bertz CT molecular complexity index is 1010. The summed E-state index contributed by atoms with van der Waals surface area (Å²) in [6.45, 7) is 5.66. The highest BCUT2D eigenvalue weighted by atomic mass is 32.1. The number of halogens is 1. The number of hydrogen-bond acceptors (Lipinski definition) is 3. The van der Waals surface area contributed by atoms with E-state index in [4.69, 9.17) is 0 Å². The van der Waals surface area contributed by atoms with E-state index in [1.165, 1.54) is 23.5 Å². The number of anilines is 1. The van der Waals surface area contributed by atoms with Crippen LogP contribution in [0.3, 0.4) is 0 Å². The lowest BCUT2D eigenvalue weighted by Gasteiger charge is -2.12. The molecule has 144 valence electrons. The summed E-state index contributed by atoms with van der Waals surface area (Å²) in [5.41, 5.74) is 2.81. The van der Waals surface area contributed by atoms with Crippen LogP contribution in [0.15, 0.2) is 54.6 Å². The molecule has 2 N–H and O–H groups in total. The van der Waals surface area contributed by atoms with Crippen molar-refractivity contribution in [1.29, 1.82) is 0 Å². The van der Waals surface area contributed by atoms with Gasteiger partial charge in [-0.05, 0) is 68.3 Å². The molecule has 0 atom stereocenters. The van der Waals surface area contributed by atoms with Crippen LogP contribution < -0.4 is 10.6 Å². The number of rotatable bonds is 5. The van der Waals surface area contributed by atoms with Crippen LogP contribution in [0, 0.1) is 12.7 Å². The molecule has 0 unspecified atom stereocenters. The molecule has 0 fully saturated rings. The second kappa shape index (κ2) is 8.35. The van der Waals surface area contributed by atoms with Gasteiger partial charge in [-0.3, -0.25) is 9.59 Å². The van der Waals surface area contributed by atoms with E-state index >= 15 is 0 Å². The predicted octanol–water partition coefficient (Wildman–Crippen LogP) is 5.25. The van der Waals surface area contributed by atoms with Gasteiger partial charge in [0.1, 0.15) is 5.82 Å². The molecule has 2 aromatic carbocycles. The number of benzene rings is 2. The van der Waals surface area contributed by atoms with E-state index in [0.29, 0.717) is 16.1 Å². The van der Waals surface area contributed by atoms with Crippen molar-refractivity contribution in [2.24, 2.45) is 0 Å². The lowest BCUT2D eigenvalue weighted by molar-refractivity contribution is 0.0942. The fraction of sp³-hybridized carbons (Fsp3) is 0.182. The first-order valence-corrected chi connectivity index (χ1v) is 9.74. The summed E-state index contributed by atoms with van der Waals surface area (Å²) in [6, 6.07) is 15.0. The van der Waals surface area contributed by atoms with Crippen molar-refractivity contribution in [3.63, 3.8) is 0 Å². The van der Waals surface area contributed by atoms with E-state index in [2.05, 4.69) is 10.6 Å². The Morgan fingerprint density at radius 3 is 2.36 bits per heavy atom. The highest BCUT2D eigenvalue weighted by Gasteiger charge is 2.14. The second-order valence-corrected chi connectivity index (χ2v) is 7.87. The molecule has 0 saturated carbocycles. The van der Waals surface area contributed by atoms with Crippen LogP contribution in [-0.2, 0) is 0 Å². The maximum Gasteiger partial charge on any atom is 0.265 e. The standard InChI is InChI=1S/C22H21FN2O2S/c1-13(2)24-21(26)16-5-4-14(3)18(12-16)25-22(27)20-11-10-19(28-20)15-6-8-17(23)9-7-15/h4-13H,1-3H3,(H,24,26)(H,25,27). The molecular formula is C22H21FN2O2S. The lowest BCUT2D eigenvalue weighted by Crippen LogP contribution is -2.30. The molecule has 0 saturated heterocycles. The molecule has 1 heterocycles. The summed E-state index contributed by atoms with van der Waals surface area (Å²) >= 11 is 1.33. The van der Waals surface area contributed by atoms with E-state index in [0.717, 1.165) is 16.0 Å². The number of aryl methyl sites for hydroxylation is 1. The minimum absolute atomic E-state index is 0.0304. The van der Waals surface area contributed by atoms with Gasteiger partial charge in [0, 0.05) is 22.2 Å². The zero-order chi connectivity index (χ0) is 20.3. The van der Waals surface area contributed by atoms with Crippen molar-refractivity contribution in [2.75, 3.05) is 5.32 Å². The highest BCUT2D eigenvalue weighted by Crippen LogP contribution is 2.29. The quantitative estimate of drug-likeness (QED) is 0.619. The van der Waals surface area contributed by atoms with Crippen molar-refractivity contribution in [3.8, 4) is 10.4 Å². The first-order valence-electron chi connectivity index (χ1n) is 8.92.